The zero-order chi connectivity index (χ0) is 11.5. The molecule has 1 saturated carbocycles. The van der Waals surface area contributed by atoms with Crippen molar-refractivity contribution in [3.63, 3.8) is 0 Å². The SMILES string of the molecule is CC(NCC(C1CC1)N(C)C)c1cccs1. The van der Waals surface area contributed by atoms with Gasteiger partial charge in [0.1, 0.15) is 0 Å². The van der Waals surface area contributed by atoms with Crippen molar-refractivity contribution in [3.05, 3.63) is 22.4 Å². The van der Waals surface area contributed by atoms with Crippen LogP contribution in [0.25, 0.3) is 0 Å². The van der Waals surface area contributed by atoms with E-state index >= 15 is 0 Å². The molecular weight excluding hydrogens is 216 g/mol. The molecule has 2 unspecified atom stereocenters. The van der Waals surface area contributed by atoms with E-state index in [4.69, 9.17) is 0 Å². The number of thiophene rings is 1. The summed E-state index contributed by atoms with van der Waals surface area (Å²) in [6.45, 7) is 3.36. The van der Waals surface area contributed by atoms with E-state index in [9.17, 15) is 0 Å². The van der Waals surface area contributed by atoms with Gasteiger partial charge in [-0.15, -0.1) is 11.3 Å². The van der Waals surface area contributed by atoms with Crippen LogP contribution in [0, 0.1) is 5.92 Å². The third-order valence-electron chi connectivity index (χ3n) is 3.43. The Labute approximate surface area is 103 Å². The van der Waals surface area contributed by atoms with Crippen LogP contribution >= 0.6 is 11.3 Å². The van der Waals surface area contributed by atoms with Gasteiger partial charge in [0, 0.05) is 23.5 Å². The van der Waals surface area contributed by atoms with E-state index in [0.29, 0.717) is 12.1 Å². The van der Waals surface area contributed by atoms with Crippen LogP contribution < -0.4 is 5.32 Å². The van der Waals surface area contributed by atoms with Crippen LogP contribution in [-0.4, -0.2) is 31.6 Å². The maximum Gasteiger partial charge on any atom is 0.0386 e. The summed E-state index contributed by atoms with van der Waals surface area (Å²) in [4.78, 5) is 3.81. The molecule has 2 atom stereocenters. The lowest BCUT2D eigenvalue weighted by molar-refractivity contribution is 0.250. The fraction of sp³-hybridized carbons (Fsp3) is 0.692. The molecule has 0 radical (unpaired) electrons. The molecule has 1 aromatic heterocycles. The Balaban J connectivity index is 1.81. The molecule has 1 aromatic rings. The summed E-state index contributed by atoms with van der Waals surface area (Å²) in [5.74, 6) is 0.929. The molecule has 0 saturated heterocycles. The molecule has 16 heavy (non-hydrogen) atoms. The predicted octanol–water partition coefficient (Wildman–Crippen LogP) is 2.74. The summed E-state index contributed by atoms with van der Waals surface area (Å²) in [7, 11) is 4.39. The summed E-state index contributed by atoms with van der Waals surface area (Å²) < 4.78 is 0. The molecule has 1 N–H and O–H groups in total. The van der Waals surface area contributed by atoms with E-state index in [0.717, 1.165) is 12.5 Å². The predicted molar refractivity (Wildman–Crippen MR) is 70.9 cm³/mol. The van der Waals surface area contributed by atoms with Crippen LogP contribution in [0.3, 0.4) is 0 Å². The minimum absolute atomic E-state index is 0.487. The van der Waals surface area contributed by atoms with Gasteiger partial charge in [0.15, 0.2) is 0 Å². The molecule has 2 rings (SSSR count). The van der Waals surface area contributed by atoms with Crippen LogP contribution in [-0.2, 0) is 0 Å². The molecule has 90 valence electrons. The number of hydrogen-bond donors (Lipinski definition) is 1. The van der Waals surface area contributed by atoms with Crippen LogP contribution in [0.2, 0.25) is 0 Å². The minimum Gasteiger partial charge on any atom is -0.308 e. The molecular formula is C13H22N2S. The van der Waals surface area contributed by atoms with Crippen molar-refractivity contribution < 1.29 is 0 Å². The molecule has 1 heterocycles. The zero-order valence-electron chi connectivity index (χ0n) is 10.4. The van der Waals surface area contributed by atoms with Crippen molar-refractivity contribution in [1.82, 2.24) is 10.2 Å². The molecule has 1 fully saturated rings. The maximum absolute atomic E-state index is 3.66. The Morgan fingerprint density at radius 1 is 1.50 bits per heavy atom. The molecule has 0 bridgehead atoms. The first-order valence-corrected chi connectivity index (χ1v) is 6.99. The summed E-state index contributed by atoms with van der Waals surface area (Å²) >= 11 is 1.84. The number of rotatable bonds is 6. The van der Waals surface area contributed by atoms with Gasteiger partial charge in [-0.2, -0.15) is 0 Å². The van der Waals surface area contributed by atoms with Crippen molar-refractivity contribution in [1.29, 1.82) is 0 Å². The largest absolute Gasteiger partial charge is 0.308 e. The van der Waals surface area contributed by atoms with E-state index in [2.05, 4.69) is 48.7 Å². The second-order valence-corrected chi connectivity index (χ2v) is 5.99. The highest BCUT2D eigenvalue weighted by atomic mass is 32.1. The highest BCUT2D eigenvalue weighted by Gasteiger charge is 2.32. The van der Waals surface area contributed by atoms with Gasteiger partial charge < -0.3 is 10.2 Å². The number of nitrogens with zero attached hydrogens (tertiary/aromatic N) is 1. The summed E-state index contributed by atoms with van der Waals surface area (Å²) in [6.07, 6.45) is 2.83. The van der Waals surface area contributed by atoms with Crippen molar-refractivity contribution in [2.24, 2.45) is 5.92 Å². The average molecular weight is 238 g/mol. The van der Waals surface area contributed by atoms with Gasteiger partial charge in [-0.1, -0.05) is 6.07 Å². The lowest BCUT2D eigenvalue weighted by atomic mass is 10.1. The van der Waals surface area contributed by atoms with Crippen molar-refractivity contribution >= 4 is 11.3 Å². The van der Waals surface area contributed by atoms with Crippen LogP contribution in [0.4, 0.5) is 0 Å². The van der Waals surface area contributed by atoms with E-state index in [-0.39, 0.29) is 0 Å². The van der Waals surface area contributed by atoms with Gasteiger partial charge in [0.05, 0.1) is 0 Å². The minimum atomic E-state index is 0.487. The average Bonchev–Trinajstić information content (AvgIpc) is 2.93. The van der Waals surface area contributed by atoms with Gasteiger partial charge in [-0.25, -0.2) is 0 Å². The smallest absolute Gasteiger partial charge is 0.0386 e. The molecule has 1 aliphatic rings. The lowest BCUT2D eigenvalue weighted by Gasteiger charge is -2.26. The van der Waals surface area contributed by atoms with Crippen molar-refractivity contribution in [2.75, 3.05) is 20.6 Å². The van der Waals surface area contributed by atoms with Crippen LogP contribution in [0.1, 0.15) is 30.7 Å². The molecule has 0 amide bonds. The third-order valence-corrected chi connectivity index (χ3v) is 4.49. The molecule has 0 spiro atoms. The molecule has 2 nitrogen and oxygen atoms in total. The highest BCUT2D eigenvalue weighted by Crippen LogP contribution is 2.34. The Bertz CT molecular complexity index is 302. The van der Waals surface area contributed by atoms with Gasteiger partial charge in [0.25, 0.3) is 0 Å². The highest BCUT2D eigenvalue weighted by molar-refractivity contribution is 7.10. The van der Waals surface area contributed by atoms with Crippen molar-refractivity contribution in [2.45, 2.75) is 31.8 Å². The standard InChI is InChI=1S/C13H22N2S/c1-10(13-5-4-8-16-13)14-9-12(15(2)3)11-6-7-11/h4-5,8,10-12,14H,6-7,9H2,1-3H3. The Kier molecular flexibility index (Phi) is 4.00. The van der Waals surface area contributed by atoms with E-state index in [1.165, 1.54) is 17.7 Å². The third kappa shape index (κ3) is 3.06. The maximum atomic E-state index is 3.66. The van der Waals surface area contributed by atoms with Gasteiger partial charge >= 0.3 is 0 Å². The molecule has 0 aromatic carbocycles. The number of nitrogens with one attached hydrogen (secondary N) is 1. The summed E-state index contributed by atoms with van der Waals surface area (Å²) in [5.41, 5.74) is 0. The topological polar surface area (TPSA) is 15.3 Å². The fourth-order valence-corrected chi connectivity index (χ4v) is 2.95. The second-order valence-electron chi connectivity index (χ2n) is 5.01. The van der Waals surface area contributed by atoms with Gasteiger partial charge in [0.2, 0.25) is 0 Å². The lowest BCUT2D eigenvalue weighted by Crippen LogP contribution is -2.40. The molecule has 1 aliphatic carbocycles. The van der Waals surface area contributed by atoms with Gasteiger partial charge in [-0.3, -0.25) is 0 Å². The first kappa shape index (κ1) is 12.1. The first-order chi connectivity index (χ1) is 7.68. The quantitative estimate of drug-likeness (QED) is 0.820. The fourth-order valence-electron chi connectivity index (χ4n) is 2.19. The Hall–Kier alpha value is -0.380. The van der Waals surface area contributed by atoms with E-state index in [1.807, 2.05) is 11.3 Å². The van der Waals surface area contributed by atoms with E-state index < -0.39 is 0 Å². The van der Waals surface area contributed by atoms with Gasteiger partial charge in [-0.05, 0) is 51.2 Å². The Morgan fingerprint density at radius 2 is 2.25 bits per heavy atom. The van der Waals surface area contributed by atoms with Crippen LogP contribution in [0.15, 0.2) is 17.5 Å². The second kappa shape index (κ2) is 5.30. The summed E-state index contributed by atoms with van der Waals surface area (Å²) in [5, 5.41) is 5.81. The number of hydrogen-bond acceptors (Lipinski definition) is 3. The Morgan fingerprint density at radius 3 is 2.75 bits per heavy atom. The monoisotopic (exact) mass is 238 g/mol. The van der Waals surface area contributed by atoms with Crippen LogP contribution in [0.5, 0.6) is 0 Å². The molecule has 3 heteroatoms. The van der Waals surface area contributed by atoms with E-state index in [1.54, 1.807) is 0 Å². The number of likely N-dealkylation sites (N-methyl/N-ethyl adjacent to an activating group) is 1. The zero-order valence-corrected chi connectivity index (χ0v) is 11.3. The normalized spacial score (nSPS) is 20.0. The summed E-state index contributed by atoms with van der Waals surface area (Å²) in [6, 6.07) is 5.54. The molecule has 0 aliphatic heterocycles. The first-order valence-electron chi connectivity index (χ1n) is 6.11. The van der Waals surface area contributed by atoms with Crippen molar-refractivity contribution in [3.8, 4) is 0 Å².